The van der Waals surface area contributed by atoms with Gasteiger partial charge in [-0.15, -0.1) is 0 Å². The predicted molar refractivity (Wildman–Crippen MR) is 151 cm³/mol. The number of halogens is 2. The molecule has 10 heteroatoms. The van der Waals surface area contributed by atoms with Crippen LogP contribution >= 0.6 is 11.6 Å². The van der Waals surface area contributed by atoms with E-state index in [-0.39, 0.29) is 29.2 Å². The zero-order valence-electron chi connectivity index (χ0n) is 21.8. The van der Waals surface area contributed by atoms with E-state index in [1.807, 2.05) is 60.3 Å². The third-order valence-electron chi connectivity index (χ3n) is 7.82. The average molecular weight is 579 g/mol. The molecule has 0 spiro atoms. The third kappa shape index (κ3) is 5.29. The Morgan fingerprint density at radius 1 is 1.15 bits per heavy atom. The van der Waals surface area contributed by atoms with Crippen LogP contribution in [-0.2, 0) is 34.8 Å². The van der Waals surface area contributed by atoms with Crippen LogP contribution in [0, 0.1) is 11.7 Å². The van der Waals surface area contributed by atoms with Crippen molar-refractivity contribution in [2.24, 2.45) is 13.0 Å². The molecule has 3 atom stereocenters. The Morgan fingerprint density at radius 3 is 2.67 bits per heavy atom. The number of nitrogens with zero attached hydrogens (tertiary/aromatic N) is 3. The zero-order valence-corrected chi connectivity index (χ0v) is 23.4. The van der Waals surface area contributed by atoms with Gasteiger partial charge >= 0.3 is 0 Å². The van der Waals surface area contributed by atoms with E-state index in [0.29, 0.717) is 23.6 Å². The molecule has 0 unspecified atom stereocenters. The summed E-state index contributed by atoms with van der Waals surface area (Å²) in [5, 5.41) is 0.657. The van der Waals surface area contributed by atoms with Crippen LogP contribution in [0.25, 0.3) is 0 Å². The maximum atomic E-state index is 13.9. The summed E-state index contributed by atoms with van der Waals surface area (Å²) in [6, 6.07) is 17.9. The van der Waals surface area contributed by atoms with Crippen LogP contribution in [0.2, 0.25) is 5.02 Å². The Balaban J connectivity index is 1.29. The summed E-state index contributed by atoms with van der Waals surface area (Å²) >= 11 is 6.06. The quantitative estimate of drug-likeness (QED) is 0.299. The molecule has 1 amide bonds. The number of aromatic nitrogens is 2. The van der Waals surface area contributed by atoms with Crippen LogP contribution in [0.15, 0.2) is 84.0 Å². The Morgan fingerprint density at radius 2 is 1.95 bits per heavy atom. The number of carbonyl (C=O) groups excluding carboxylic acids is 1. The van der Waals surface area contributed by atoms with Crippen LogP contribution in [0.5, 0.6) is 0 Å². The van der Waals surface area contributed by atoms with Crippen molar-refractivity contribution in [2.45, 2.75) is 42.7 Å². The molecule has 0 saturated heterocycles. The number of amides is 1. The first kappa shape index (κ1) is 26.7. The maximum absolute atomic E-state index is 13.9. The van der Waals surface area contributed by atoms with Crippen molar-refractivity contribution >= 4 is 33.2 Å². The Kier molecular flexibility index (Phi) is 6.98. The molecule has 206 valence electrons. The van der Waals surface area contributed by atoms with E-state index in [1.165, 1.54) is 18.2 Å². The fraction of sp³-hybridized carbons (Fsp3) is 0.267. The molecule has 1 aromatic heterocycles. The topological polar surface area (TPSA) is 84.3 Å². The molecule has 1 heterocycles. The van der Waals surface area contributed by atoms with Crippen molar-refractivity contribution in [3.05, 3.63) is 112 Å². The van der Waals surface area contributed by atoms with Gasteiger partial charge in [0.2, 0.25) is 15.9 Å². The molecule has 6 rings (SSSR count). The lowest BCUT2D eigenvalue weighted by Gasteiger charge is -2.25. The molecule has 1 N–H and O–H groups in total. The molecule has 1 saturated carbocycles. The first-order chi connectivity index (χ1) is 19.2. The van der Waals surface area contributed by atoms with Crippen molar-refractivity contribution < 1.29 is 17.6 Å². The molecule has 7 nitrogen and oxygen atoms in total. The molecular formula is C30H28ClFN4O3S. The lowest BCUT2D eigenvalue weighted by Crippen LogP contribution is -2.33. The lowest BCUT2D eigenvalue weighted by molar-refractivity contribution is -0.120. The van der Waals surface area contributed by atoms with Crippen LogP contribution in [-0.4, -0.2) is 23.9 Å². The monoisotopic (exact) mass is 578 g/mol. The number of sulfonamides is 1. The Labute approximate surface area is 237 Å². The fourth-order valence-electron chi connectivity index (χ4n) is 5.50. The third-order valence-corrected chi connectivity index (χ3v) is 9.54. The highest BCUT2D eigenvalue weighted by Gasteiger charge is 2.46. The number of hydrogen-bond acceptors (Lipinski definition) is 4. The minimum atomic E-state index is -3.94. The summed E-state index contributed by atoms with van der Waals surface area (Å²) in [5.74, 6) is 0.0713. The zero-order chi connectivity index (χ0) is 28.0. The second-order valence-corrected chi connectivity index (χ2v) is 12.6. The lowest BCUT2D eigenvalue weighted by atomic mass is 10.1. The van der Waals surface area contributed by atoms with Gasteiger partial charge in [0.25, 0.3) is 0 Å². The molecule has 3 aromatic carbocycles. The Hall–Kier alpha value is -3.53. The number of fused-ring (bicyclic) bond motifs is 1. The normalized spacial score (nSPS) is 19.8. The molecule has 2 aliphatic rings. The molecule has 40 heavy (non-hydrogen) atoms. The first-order valence-electron chi connectivity index (χ1n) is 13.1. The van der Waals surface area contributed by atoms with Gasteiger partial charge in [0, 0.05) is 42.1 Å². The number of anilines is 1. The fourth-order valence-corrected chi connectivity index (χ4v) is 6.91. The number of aryl methyl sites for hydroxylation is 2. The van der Waals surface area contributed by atoms with E-state index in [9.17, 15) is 17.6 Å². The number of benzene rings is 3. The highest BCUT2D eigenvalue weighted by molar-refractivity contribution is 7.89. The van der Waals surface area contributed by atoms with Crippen LogP contribution < -0.4 is 9.62 Å². The van der Waals surface area contributed by atoms with Gasteiger partial charge in [0.1, 0.15) is 11.6 Å². The molecule has 4 aromatic rings. The average Bonchev–Trinajstić information content (AvgIpc) is 3.49. The van der Waals surface area contributed by atoms with Crippen LogP contribution in [0.4, 0.5) is 10.1 Å². The number of hydrogen-bond donors (Lipinski definition) is 1. The van der Waals surface area contributed by atoms with Gasteiger partial charge in [-0.3, -0.25) is 4.79 Å². The summed E-state index contributed by atoms with van der Waals surface area (Å²) in [5.41, 5.74) is 3.61. The molecule has 2 aliphatic carbocycles. The molecule has 0 radical (unpaired) electrons. The van der Waals surface area contributed by atoms with E-state index in [4.69, 9.17) is 11.6 Å². The number of imidazole rings is 1. The summed E-state index contributed by atoms with van der Waals surface area (Å²) in [6.07, 6.45) is 5.55. The van der Waals surface area contributed by atoms with Gasteiger partial charge in [-0.1, -0.05) is 35.9 Å². The highest BCUT2D eigenvalue weighted by atomic mass is 35.5. The van der Waals surface area contributed by atoms with E-state index in [0.717, 1.165) is 35.0 Å². The minimum Gasteiger partial charge on any atom is -0.337 e. The minimum absolute atomic E-state index is 0.00205. The number of nitrogens with one attached hydrogen (secondary N) is 1. The van der Waals surface area contributed by atoms with E-state index in [2.05, 4.69) is 9.71 Å². The second-order valence-electron chi connectivity index (χ2n) is 10.4. The summed E-state index contributed by atoms with van der Waals surface area (Å²) in [4.78, 5) is 20.0. The van der Waals surface area contributed by atoms with Gasteiger partial charge in [0.05, 0.1) is 11.4 Å². The molecule has 1 fully saturated rings. The second kappa shape index (κ2) is 10.5. The van der Waals surface area contributed by atoms with Gasteiger partial charge in [-0.2, -0.15) is 0 Å². The Bertz CT molecular complexity index is 1690. The number of rotatable bonds is 8. The van der Waals surface area contributed by atoms with E-state index < -0.39 is 21.9 Å². The first-order valence-corrected chi connectivity index (χ1v) is 15.0. The van der Waals surface area contributed by atoms with Crippen molar-refractivity contribution in [2.75, 3.05) is 4.90 Å². The molecule has 0 bridgehead atoms. The van der Waals surface area contributed by atoms with Crippen molar-refractivity contribution in [1.82, 2.24) is 14.3 Å². The SMILES string of the molecule is Cn1ccnc1CN(C(=O)[C@H]1C[C@H]1c1ccc(Cl)cc1)c1ccc2c(c1)[C@@H](NS(=O)(=O)c1cccc(F)c1)CC2. The van der Waals surface area contributed by atoms with Crippen molar-refractivity contribution in [3.63, 3.8) is 0 Å². The van der Waals surface area contributed by atoms with Crippen LogP contribution in [0.3, 0.4) is 0 Å². The van der Waals surface area contributed by atoms with Crippen molar-refractivity contribution in [1.29, 1.82) is 0 Å². The highest BCUT2D eigenvalue weighted by Crippen LogP contribution is 2.49. The van der Waals surface area contributed by atoms with Gasteiger partial charge in [-0.05, 0) is 84.3 Å². The van der Waals surface area contributed by atoms with Gasteiger partial charge in [-0.25, -0.2) is 22.5 Å². The maximum Gasteiger partial charge on any atom is 0.241 e. The van der Waals surface area contributed by atoms with Gasteiger partial charge < -0.3 is 9.47 Å². The smallest absolute Gasteiger partial charge is 0.241 e. The summed E-state index contributed by atoms with van der Waals surface area (Å²) < 4.78 is 44.5. The van der Waals surface area contributed by atoms with Crippen molar-refractivity contribution in [3.8, 4) is 0 Å². The van der Waals surface area contributed by atoms with Gasteiger partial charge in [0.15, 0.2) is 0 Å². The summed E-state index contributed by atoms with van der Waals surface area (Å²) in [7, 11) is -2.06. The summed E-state index contributed by atoms with van der Waals surface area (Å²) in [6.45, 7) is 0.282. The molecule has 0 aliphatic heterocycles. The number of carbonyl (C=O) groups is 1. The predicted octanol–water partition coefficient (Wildman–Crippen LogP) is 5.52. The molecular weight excluding hydrogens is 551 g/mol. The van der Waals surface area contributed by atoms with Crippen LogP contribution in [0.1, 0.15) is 47.3 Å². The van der Waals surface area contributed by atoms with E-state index >= 15 is 0 Å². The van der Waals surface area contributed by atoms with E-state index in [1.54, 1.807) is 11.1 Å². The largest absolute Gasteiger partial charge is 0.337 e. The standard InChI is InChI=1S/C30H28ClFN4O3S/c1-35-14-13-33-29(35)18-36(30(37)27-17-25(27)19-5-9-21(31)10-6-19)23-11-7-20-8-12-28(26(20)16-23)34-40(38,39)24-4-2-3-22(32)15-24/h2-7,9-11,13-16,25,27-28,34H,8,12,17-18H2,1H3/t25-,27-,28-/m0/s1.